The lowest BCUT2D eigenvalue weighted by Gasteiger charge is -2.38. The van der Waals surface area contributed by atoms with Crippen molar-refractivity contribution >= 4 is 5.91 Å². The molecule has 1 fully saturated rings. The van der Waals surface area contributed by atoms with Crippen molar-refractivity contribution in [3.63, 3.8) is 0 Å². The molecule has 1 amide bonds. The number of carbonyl (C=O) groups is 1. The van der Waals surface area contributed by atoms with Crippen LogP contribution in [0.2, 0.25) is 0 Å². The fourth-order valence-corrected chi connectivity index (χ4v) is 4.64. The minimum absolute atomic E-state index is 0.133. The minimum atomic E-state index is -0.332. The molecule has 2 atom stereocenters. The highest BCUT2D eigenvalue weighted by Crippen LogP contribution is 2.35. The molecule has 2 aliphatic rings. The fourth-order valence-electron chi connectivity index (χ4n) is 4.64. The quantitative estimate of drug-likeness (QED) is 0.734. The third-order valence-electron chi connectivity index (χ3n) is 6.16. The van der Waals surface area contributed by atoms with E-state index in [1.54, 1.807) is 7.11 Å². The number of aliphatic hydroxyl groups excluding tert-OH is 1. The summed E-state index contributed by atoms with van der Waals surface area (Å²) in [5.74, 6) is 1.41. The Morgan fingerprint density at radius 3 is 2.85 bits per heavy atom. The van der Waals surface area contributed by atoms with Gasteiger partial charge in [0.2, 0.25) is 5.91 Å². The lowest BCUT2D eigenvalue weighted by Crippen LogP contribution is -2.45. The SMILES string of the molecule is CCCC1c2ccc(OC)cc2CCN1C(=O)CNCC(O)C1CCCC1. The van der Waals surface area contributed by atoms with Crippen molar-refractivity contribution in [3.8, 4) is 5.75 Å². The summed E-state index contributed by atoms with van der Waals surface area (Å²) in [5, 5.41) is 13.5. The molecule has 5 heteroatoms. The number of benzene rings is 1. The van der Waals surface area contributed by atoms with Crippen LogP contribution in [0.15, 0.2) is 18.2 Å². The third kappa shape index (κ3) is 4.82. The molecule has 1 aliphatic carbocycles. The van der Waals surface area contributed by atoms with E-state index in [-0.39, 0.29) is 18.1 Å². The molecule has 0 saturated heterocycles. The zero-order valence-corrected chi connectivity index (χ0v) is 16.7. The standard InChI is InChI=1S/C22H34N2O3/c1-3-6-20-19-10-9-18(27-2)13-17(19)11-12-24(20)22(26)15-23-14-21(25)16-7-4-5-8-16/h9-10,13,16,20-21,23,25H,3-8,11-12,14-15H2,1-2H3. The Bertz CT molecular complexity index is 628. The summed E-state index contributed by atoms with van der Waals surface area (Å²) in [5.41, 5.74) is 2.55. The summed E-state index contributed by atoms with van der Waals surface area (Å²) in [6, 6.07) is 6.35. The molecule has 1 aliphatic heterocycles. The van der Waals surface area contributed by atoms with E-state index in [0.29, 0.717) is 19.0 Å². The lowest BCUT2D eigenvalue weighted by atomic mass is 9.89. The second-order valence-electron chi connectivity index (χ2n) is 7.95. The van der Waals surface area contributed by atoms with Gasteiger partial charge in [0.15, 0.2) is 0 Å². The maximum absolute atomic E-state index is 12.9. The Morgan fingerprint density at radius 2 is 2.15 bits per heavy atom. The largest absolute Gasteiger partial charge is 0.497 e. The third-order valence-corrected chi connectivity index (χ3v) is 6.16. The van der Waals surface area contributed by atoms with Gasteiger partial charge in [-0.2, -0.15) is 0 Å². The number of nitrogens with one attached hydrogen (secondary N) is 1. The van der Waals surface area contributed by atoms with E-state index in [1.165, 1.54) is 24.0 Å². The van der Waals surface area contributed by atoms with Gasteiger partial charge in [0.25, 0.3) is 0 Å². The van der Waals surface area contributed by atoms with Crippen LogP contribution in [0.25, 0.3) is 0 Å². The summed E-state index contributed by atoms with van der Waals surface area (Å²) in [4.78, 5) is 14.9. The molecule has 1 aromatic rings. The van der Waals surface area contributed by atoms with Crippen LogP contribution in [0.1, 0.15) is 62.6 Å². The first kappa shape index (κ1) is 20.2. The molecule has 5 nitrogen and oxygen atoms in total. The van der Waals surface area contributed by atoms with Gasteiger partial charge in [-0.3, -0.25) is 4.79 Å². The number of rotatable bonds is 8. The molecule has 1 heterocycles. The number of ether oxygens (including phenoxy) is 1. The van der Waals surface area contributed by atoms with Crippen molar-refractivity contribution in [3.05, 3.63) is 29.3 Å². The Hall–Kier alpha value is -1.59. The van der Waals surface area contributed by atoms with E-state index in [0.717, 1.165) is 44.4 Å². The van der Waals surface area contributed by atoms with E-state index >= 15 is 0 Å². The average Bonchev–Trinajstić information content (AvgIpc) is 3.22. The monoisotopic (exact) mass is 374 g/mol. The average molecular weight is 375 g/mol. The summed E-state index contributed by atoms with van der Waals surface area (Å²) < 4.78 is 5.35. The predicted octanol–water partition coefficient (Wildman–Crippen LogP) is 3.06. The van der Waals surface area contributed by atoms with Crippen LogP contribution < -0.4 is 10.1 Å². The van der Waals surface area contributed by atoms with Crippen molar-refractivity contribution < 1.29 is 14.6 Å². The number of hydrogen-bond donors (Lipinski definition) is 2. The number of aliphatic hydroxyl groups is 1. The number of carbonyl (C=O) groups excluding carboxylic acids is 1. The molecule has 0 bridgehead atoms. The summed E-state index contributed by atoms with van der Waals surface area (Å²) >= 11 is 0. The van der Waals surface area contributed by atoms with Crippen LogP contribution >= 0.6 is 0 Å². The minimum Gasteiger partial charge on any atom is -0.497 e. The molecule has 1 saturated carbocycles. The van der Waals surface area contributed by atoms with Gasteiger partial charge in [-0.1, -0.05) is 32.3 Å². The molecule has 0 radical (unpaired) electrons. The summed E-state index contributed by atoms with van der Waals surface area (Å²) in [6.45, 7) is 3.72. The molecule has 27 heavy (non-hydrogen) atoms. The normalized spacial score (nSPS) is 21.1. The zero-order chi connectivity index (χ0) is 19.2. The smallest absolute Gasteiger partial charge is 0.237 e. The highest BCUT2D eigenvalue weighted by Gasteiger charge is 2.30. The number of amides is 1. The number of nitrogens with zero attached hydrogens (tertiary/aromatic N) is 1. The summed E-state index contributed by atoms with van der Waals surface area (Å²) in [7, 11) is 1.69. The Kier molecular flexibility index (Phi) is 7.13. The van der Waals surface area contributed by atoms with Gasteiger partial charge in [-0.05, 0) is 54.9 Å². The topological polar surface area (TPSA) is 61.8 Å². The molecular formula is C22H34N2O3. The highest BCUT2D eigenvalue weighted by molar-refractivity contribution is 5.79. The van der Waals surface area contributed by atoms with Gasteiger partial charge < -0.3 is 20.1 Å². The zero-order valence-electron chi connectivity index (χ0n) is 16.7. The Balaban J connectivity index is 1.59. The predicted molar refractivity (Wildman–Crippen MR) is 107 cm³/mol. The Morgan fingerprint density at radius 1 is 1.37 bits per heavy atom. The maximum Gasteiger partial charge on any atom is 0.237 e. The number of fused-ring (bicyclic) bond motifs is 1. The Labute approximate surface area is 163 Å². The van der Waals surface area contributed by atoms with Crippen molar-refractivity contribution in [2.75, 3.05) is 26.7 Å². The van der Waals surface area contributed by atoms with Crippen LogP contribution in [-0.2, 0) is 11.2 Å². The van der Waals surface area contributed by atoms with Gasteiger partial charge in [0, 0.05) is 13.1 Å². The van der Waals surface area contributed by atoms with E-state index in [1.807, 2.05) is 11.0 Å². The van der Waals surface area contributed by atoms with Gasteiger partial charge in [0.05, 0.1) is 25.8 Å². The van der Waals surface area contributed by atoms with Gasteiger partial charge in [-0.25, -0.2) is 0 Å². The first-order valence-corrected chi connectivity index (χ1v) is 10.5. The second kappa shape index (κ2) is 9.56. The molecule has 2 unspecified atom stereocenters. The molecule has 3 rings (SSSR count). The molecular weight excluding hydrogens is 340 g/mol. The van der Waals surface area contributed by atoms with E-state index in [9.17, 15) is 9.90 Å². The van der Waals surface area contributed by atoms with Crippen LogP contribution in [0.5, 0.6) is 5.75 Å². The van der Waals surface area contributed by atoms with Gasteiger partial charge >= 0.3 is 0 Å². The molecule has 0 spiro atoms. The van der Waals surface area contributed by atoms with Gasteiger partial charge in [-0.15, -0.1) is 0 Å². The molecule has 0 aromatic heterocycles. The molecule has 2 N–H and O–H groups in total. The van der Waals surface area contributed by atoms with Crippen molar-refractivity contribution in [1.82, 2.24) is 10.2 Å². The highest BCUT2D eigenvalue weighted by atomic mass is 16.5. The van der Waals surface area contributed by atoms with Crippen LogP contribution in [0.3, 0.4) is 0 Å². The number of hydrogen-bond acceptors (Lipinski definition) is 4. The van der Waals surface area contributed by atoms with Crippen molar-refractivity contribution in [2.45, 2.75) is 64.0 Å². The second-order valence-corrected chi connectivity index (χ2v) is 7.95. The van der Waals surface area contributed by atoms with Crippen LogP contribution in [0.4, 0.5) is 0 Å². The van der Waals surface area contributed by atoms with Crippen LogP contribution in [0, 0.1) is 5.92 Å². The molecule has 150 valence electrons. The van der Waals surface area contributed by atoms with Gasteiger partial charge in [0.1, 0.15) is 5.75 Å². The fraction of sp³-hybridized carbons (Fsp3) is 0.682. The van der Waals surface area contributed by atoms with E-state index in [4.69, 9.17) is 4.74 Å². The van der Waals surface area contributed by atoms with Crippen molar-refractivity contribution in [1.29, 1.82) is 0 Å². The first-order valence-electron chi connectivity index (χ1n) is 10.5. The number of methoxy groups -OCH3 is 1. The van der Waals surface area contributed by atoms with Crippen LogP contribution in [-0.4, -0.2) is 48.8 Å². The van der Waals surface area contributed by atoms with E-state index in [2.05, 4.69) is 24.4 Å². The first-order chi connectivity index (χ1) is 13.1. The maximum atomic E-state index is 12.9. The van der Waals surface area contributed by atoms with Crippen molar-refractivity contribution in [2.24, 2.45) is 5.92 Å². The van der Waals surface area contributed by atoms with E-state index < -0.39 is 0 Å². The summed E-state index contributed by atoms with van der Waals surface area (Å²) in [6.07, 6.45) is 7.20. The molecule has 1 aromatic carbocycles. The lowest BCUT2D eigenvalue weighted by molar-refractivity contribution is -0.133.